The molecule has 1 aliphatic carbocycles. The lowest BCUT2D eigenvalue weighted by molar-refractivity contribution is 0.0697. The van der Waals surface area contributed by atoms with E-state index in [9.17, 15) is 9.90 Å². The Bertz CT molecular complexity index is 1050. The van der Waals surface area contributed by atoms with Gasteiger partial charge in [-0.15, -0.1) is 0 Å². The zero-order valence-electron chi connectivity index (χ0n) is 17.1. The van der Waals surface area contributed by atoms with E-state index in [1.807, 2.05) is 25.1 Å². The Morgan fingerprint density at radius 3 is 2.67 bits per heavy atom. The van der Waals surface area contributed by atoms with Crippen LogP contribution in [0.2, 0.25) is 0 Å². The van der Waals surface area contributed by atoms with Crippen LogP contribution in [0.1, 0.15) is 48.2 Å². The highest BCUT2D eigenvalue weighted by atomic mass is 79.9. The topological polar surface area (TPSA) is 51.5 Å². The minimum atomic E-state index is -0.929. The van der Waals surface area contributed by atoms with E-state index >= 15 is 0 Å². The summed E-state index contributed by atoms with van der Waals surface area (Å²) < 4.78 is 9.38. The fraction of sp³-hybridized carbons (Fsp3) is 0.320. The van der Waals surface area contributed by atoms with E-state index in [0.717, 1.165) is 39.5 Å². The first-order valence-electron chi connectivity index (χ1n) is 10.5. The summed E-state index contributed by atoms with van der Waals surface area (Å²) >= 11 is 3.60. The summed E-state index contributed by atoms with van der Waals surface area (Å²) in [6.07, 6.45) is 6.40. The van der Waals surface area contributed by atoms with Gasteiger partial charge in [0.05, 0.1) is 17.9 Å². The molecule has 0 unspecified atom stereocenters. The van der Waals surface area contributed by atoms with Gasteiger partial charge in [-0.1, -0.05) is 41.3 Å². The molecule has 3 aromatic rings. The van der Waals surface area contributed by atoms with E-state index in [2.05, 4.69) is 38.7 Å². The number of hydrogen-bond acceptors (Lipinski definition) is 2. The fourth-order valence-electron chi connectivity index (χ4n) is 4.26. The average molecular weight is 468 g/mol. The maximum Gasteiger partial charge on any atom is 0.335 e. The molecule has 4 nitrogen and oxygen atoms in total. The Kier molecular flexibility index (Phi) is 6.28. The number of aromatic carboxylic acids is 1. The summed E-state index contributed by atoms with van der Waals surface area (Å²) in [5.74, 6) is 0.552. The zero-order chi connectivity index (χ0) is 21.1. The number of benzene rings is 2. The van der Waals surface area contributed by atoms with Crippen molar-refractivity contribution in [3.8, 4) is 22.7 Å². The molecule has 1 saturated carbocycles. The smallest absolute Gasteiger partial charge is 0.335 e. The molecule has 0 spiro atoms. The highest BCUT2D eigenvalue weighted by Crippen LogP contribution is 2.36. The Morgan fingerprint density at radius 1 is 1.10 bits per heavy atom. The van der Waals surface area contributed by atoms with Crippen molar-refractivity contribution in [2.75, 3.05) is 6.61 Å². The van der Waals surface area contributed by atoms with Gasteiger partial charge in [0.15, 0.2) is 0 Å². The summed E-state index contributed by atoms with van der Waals surface area (Å²) in [6.45, 7) is 2.76. The third-order valence-electron chi connectivity index (χ3n) is 5.84. The third-order valence-corrected chi connectivity index (χ3v) is 6.34. The monoisotopic (exact) mass is 467 g/mol. The second kappa shape index (κ2) is 9.09. The van der Waals surface area contributed by atoms with Crippen molar-refractivity contribution in [3.63, 3.8) is 0 Å². The van der Waals surface area contributed by atoms with Gasteiger partial charge in [0.25, 0.3) is 0 Å². The fourth-order valence-corrected chi connectivity index (χ4v) is 4.62. The molecule has 0 amide bonds. The van der Waals surface area contributed by atoms with Crippen molar-refractivity contribution in [2.24, 2.45) is 5.92 Å². The van der Waals surface area contributed by atoms with E-state index in [4.69, 9.17) is 4.74 Å². The molecule has 0 radical (unpaired) electrons. The van der Waals surface area contributed by atoms with Crippen LogP contribution in [-0.2, 0) is 0 Å². The number of aromatic nitrogens is 1. The van der Waals surface area contributed by atoms with Crippen LogP contribution in [0.15, 0.2) is 59.1 Å². The maximum atomic E-state index is 11.5. The predicted molar refractivity (Wildman–Crippen MR) is 123 cm³/mol. The minimum Gasteiger partial charge on any atom is -0.493 e. The largest absolute Gasteiger partial charge is 0.493 e. The molecule has 0 atom stereocenters. The number of rotatable bonds is 6. The van der Waals surface area contributed by atoms with Gasteiger partial charge >= 0.3 is 5.97 Å². The second-order valence-electron chi connectivity index (χ2n) is 8.01. The van der Waals surface area contributed by atoms with Gasteiger partial charge in [-0.3, -0.25) is 0 Å². The Labute approximate surface area is 185 Å². The number of carbonyl (C=O) groups is 1. The van der Waals surface area contributed by atoms with Crippen molar-refractivity contribution in [1.29, 1.82) is 0 Å². The van der Waals surface area contributed by atoms with Crippen molar-refractivity contribution in [1.82, 2.24) is 4.57 Å². The van der Waals surface area contributed by atoms with E-state index in [1.54, 1.807) is 18.2 Å². The van der Waals surface area contributed by atoms with Crippen LogP contribution in [0.4, 0.5) is 0 Å². The first-order chi connectivity index (χ1) is 14.5. The van der Waals surface area contributed by atoms with E-state index in [-0.39, 0.29) is 5.56 Å². The van der Waals surface area contributed by atoms with Crippen LogP contribution in [0.3, 0.4) is 0 Å². The summed E-state index contributed by atoms with van der Waals surface area (Å²) in [4.78, 5) is 11.5. The first-order valence-corrected chi connectivity index (χ1v) is 11.3. The molecular weight excluding hydrogens is 442 g/mol. The van der Waals surface area contributed by atoms with Gasteiger partial charge in [-0.05, 0) is 74.2 Å². The Hall–Kier alpha value is -2.53. The molecule has 1 heterocycles. The SMILES string of the molecule is Cc1ccc(-c2cc(Br)ccc2OCC2CCCCC2)n1-c1cccc(C(=O)O)c1. The first kappa shape index (κ1) is 20.7. The van der Waals surface area contributed by atoms with Crippen LogP contribution >= 0.6 is 15.9 Å². The molecule has 1 aliphatic rings. The minimum absolute atomic E-state index is 0.273. The van der Waals surface area contributed by atoms with Gasteiger partial charge in [0.1, 0.15) is 5.75 Å². The molecule has 2 aromatic carbocycles. The quantitative estimate of drug-likeness (QED) is 0.430. The predicted octanol–water partition coefficient (Wildman–Crippen LogP) is 6.87. The van der Waals surface area contributed by atoms with Crippen LogP contribution < -0.4 is 4.74 Å². The highest BCUT2D eigenvalue weighted by Gasteiger charge is 2.18. The number of aryl methyl sites for hydroxylation is 1. The molecule has 1 fully saturated rings. The molecule has 1 aromatic heterocycles. The van der Waals surface area contributed by atoms with E-state index in [1.165, 1.54) is 32.1 Å². The normalized spacial score (nSPS) is 14.6. The summed E-state index contributed by atoms with van der Waals surface area (Å²) in [5.41, 5.74) is 4.11. The lowest BCUT2D eigenvalue weighted by atomic mass is 9.90. The number of ether oxygens (including phenoxy) is 1. The second-order valence-corrected chi connectivity index (χ2v) is 8.92. The summed E-state index contributed by atoms with van der Waals surface area (Å²) in [6, 6.07) is 17.2. The standard InChI is InChI=1S/C25H26BrNO3/c1-17-10-12-23(27(17)21-9-5-8-19(14-21)25(28)29)22-15-20(26)11-13-24(22)30-16-18-6-3-2-4-7-18/h5,8-15,18H,2-4,6-7,16H2,1H3,(H,28,29). The number of carboxylic acid groups (broad SMARTS) is 1. The third kappa shape index (κ3) is 4.46. The lowest BCUT2D eigenvalue weighted by Gasteiger charge is -2.23. The maximum absolute atomic E-state index is 11.5. The van der Waals surface area contributed by atoms with Gasteiger partial charge in [0, 0.05) is 21.4 Å². The lowest BCUT2D eigenvalue weighted by Crippen LogP contribution is -2.15. The number of halogens is 1. The van der Waals surface area contributed by atoms with Crippen LogP contribution in [0.25, 0.3) is 16.9 Å². The molecule has 4 rings (SSSR count). The highest BCUT2D eigenvalue weighted by molar-refractivity contribution is 9.10. The van der Waals surface area contributed by atoms with Crippen LogP contribution in [-0.4, -0.2) is 22.2 Å². The molecular formula is C25H26BrNO3. The number of nitrogens with zero attached hydrogens (tertiary/aromatic N) is 1. The van der Waals surface area contributed by atoms with E-state index in [0.29, 0.717) is 5.92 Å². The van der Waals surface area contributed by atoms with Crippen molar-refractivity contribution < 1.29 is 14.6 Å². The Morgan fingerprint density at radius 2 is 1.90 bits per heavy atom. The van der Waals surface area contributed by atoms with Crippen molar-refractivity contribution in [2.45, 2.75) is 39.0 Å². The number of carboxylic acids is 1. The zero-order valence-corrected chi connectivity index (χ0v) is 18.7. The van der Waals surface area contributed by atoms with Crippen LogP contribution in [0, 0.1) is 12.8 Å². The summed E-state index contributed by atoms with van der Waals surface area (Å²) in [5, 5.41) is 9.40. The van der Waals surface area contributed by atoms with Gasteiger partial charge in [0.2, 0.25) is 0 Å². The average Bonchev–Trinajstić information content (AvgIpc) is 3.15. The number of hydrogen-bond donors (Lipinski definition) is 1. The van der Waals surface area contributed by atoms with Gasteiger partial charge < -0.3 is 14.4 Å². The molecule has 156 valence electrons. The van der Waals surface area contributed by atoms with Crippen molar-refractivity contribution >= 4 is 21.9 Å². The molecule has 5 heteroatoms. The van der Waals surface area contributed by atoms with E-state index < -0.39 is 5.97 Å². The van der Waals surface area contributed by atoms with Crippen molar-refractivity contribution in [3.05, 3.63) is 70.3 Å². The Balaban J connectivity index is 1.72. The molecule has 1 N–H and O–H groups in total. The van der Waals surface area contributed by atoms with Crippen LogP contribution in [0.5, 0.6) is 5.75 Å². The molecule has 0 saturated heterocycles. The van der Waals surface area contributed by atoms with Gasteiger partial charge in [-0.2, -0.15) is 0 Å². The summed E-state index contributed by atoms with van der Waals surface area (Å²) in [7, 11) is 0. The molecule has 30 heavy (non-hydrogen) atoms. The van der Waals surface area contributed by atoms with Gasteiger partial charge in [-0.25, -0.2) is 4.79 Å². The molecule has 0 aliphatic heterocycles. The molecule has 0 bridgehead atoms.